The highest BCUT2D eigenvalue weighted by Crippen LogP contribution is 2.29. The minimum Gasteiger partial charge on any atom is -0.492 e. The van der Waals surface area contributed by atoms with E-state index in [1.165, 1.54) is 18.3 Å². The molecule has 1 aliphatic rings. The second-order valence-electron chi connectivity index (χ2n) is 6.43. The minimum absolute atomic E-state index is 0.250. The van der Waals surface area contributed by atoms with Crippen molar-refractivity contribution in [3.8, 4) is 5.75 Å². The summed E-state index contributed by atoms with van der Waals surface area (Å²) in [4.78, 5) is 18.0. The van der Waals surface area contributed by atoms with Crippen LogP contribution in [-0.2, 0) is 6.18 Å². The summed E-state index contributed by atoms with van der Waals surface area (Å²) in [5, 5.41) is 0.451. The number of hydrogen-bond donors (Lipinski definition) is 0. The average Bonchev–Trinajstić information content (AvgIpc) is 2.67. The molecule has 1 aliphatic heterocycles. The zero-order chi connectivity index (χ0) is 19.4. The van der Waals surface area contributed by atoms with Crippen LogP contribution in [0.1, 0.15) is 28.8 Å². The van der Waals surface area contributed by atoms with Crippen LogP contribution in [0.3, 0.4) is 0 Å². The third-order valence-electron chi connectivity index (χ3n) is 4.57. The molecule has 0 atom stereocenters. The first kappa shape index (κ1) is 19.5. The number of likely N-dealkylation sites (tertiary alicyclic amines) is 1. The molecule has 1 amide bonds. The highest BCUT2D eigenvalue weighted by Gasteiger charge is 2.31. The van der Waals surface area contributed by atoms with Gasteiger partial charge in [-0.1, -0.05) is 11.6 Å². The zero-order valence-electron chi connectivity index (χ0n) is 14.4. The zero-order valence-corrected chi connectivity index (χ0v) is 15.1. The maximum atomic E-state index is 12.6. The van der Waals surface area contributed by atoms with E-state index in [1.54, 1.807) is 17.2 Å². The van der Waals surface area contributed by atoms with Gasteiger partial charge in [-0.3, -0.25) is 9.78 Å². The molecule has 2 aromatic rings. The molecule has 0 bridgehead atoms. The molecule has 3 rings (SSSR count). The molecule has 1 aromatic heterocycles. The number of pyridine rings is 1. The Hall–Kier alpha value is -2.28. The first-order valence-corrected chi connectivity index (χ1v) is 8.91. The van der Waals surface area contributed by atoms with E-state index in [9.17, 15) is 18.0 Å². The molecular weight excluding hydrogens is 381 g/mol. The number of benzene rings is 1. The van der Waals surface area contributed by atoms with Crippen molar-refractivity contribution in [2.45, 2.75) is 19.0 Å². The SMILES string of the molecule is O=C(c1ccc(C(F)(F)F)cc1)N1CCC(COc2ccncc2Cl)CC1. The molecule has 0 unspecified atom stereocenters. The van der Waals surface area contributed by atoms with Crippen molar-refractivity contribution in [1.29, 1.82) is 0 Å². The van der Waals surface area contributed by atoms with Gasteiger partial charge in [0.1, 0.15) is 10.8 Å². The van der Waals surface area contributed by atoms with Crippen molar-refractivity contribution in [2.24, 2.45) is 5.92 Å². The van der Waals surface area contributed by atoms with E-state index in [0.717, 1.165) is 25.0 Å². The summed E-state index contributed by atoms with van der Waals surface area (Å²) in [7, 11) is 0. The van der Waals surface area contributed by atoms with Crippen molar-refractivity contribution in [1.82, 2.24) is 9.88 Å². The maximum Gasteiger partial charge on any atom is 0.416 e. The monoisotopic (exact) mass is 398 g/mol. The van der Waals surface area contributed by atoms with Gasteiger partial charge in [0.05, 0.1) is 12.2 Å². The summed E-state index contributed by atoms with van der Waals surface area (Å²) in [6.07, 6.45) is 0.233. The van der Waals surface area contributed by atoms with Gasteiger partial charge in [0.2, 0.25) is 0 Å². The van der Waals surface area contributed by atoms with E-state index < -0.39 is 11.7 Å². The standard InChI is InChI=1S/C19H18ClF3N2O2/c20-16-11-24-8-5-17(16)27-12-13-6-9-25(10-7-13)18(26)14-1-3-15(4-2-14)19(21,22)23/h1-5,8,11,13H,6-7,9-10,12H2. The fourth-order valence-electron chi connectivity index (χ4n) is 2.97. The van der Waals surface area contributed by atoms with Gasteiger partial charge in [0.15, 0.2) is 0 Å². The van der Waals surface area contributed by atoms with E-state index in [2.05, 4.69) is 4.98 Å². The van der Waals surface area contributed by atoms with Crippen molar-refractivity contribution in [2.75, 3.05) is 19.7 Å². The second-order valence-corrected chi connectivity index (χ2v) is 6.83. The van der Waals surface area contributed by atoms with Gasteiger partial charge in [0.25, 0.3) is 5.91 Å². The lowest BCUT2D eigenvalue weighted by molar-refractivity contribution is -0.137. The number of alkyl halides is 3. The fraction of sp³-hybridized carbons (Fsp3) is 0.368. The first-order chi connectivity index (χ1) is 12.8. The van der Waals surface area contributed by atoms with Crippen LogP contribution in [0.4, 0.5) is 13.2 Å². The Morgan fingerprint density at radius 1 is 1.19 bits per heavy atom. The van der Waals surface area contributed by atoms with E-state index in [-0.39, 0.29) is 17.4 Å². The number of aromatic nitrogens is 1. The lowest BCUT2D eigenvalue weighted by Crippen LogP contribution is -2.39. The van der Waals surface area contributed by atoms with Crippen molar-refractivity contribution >= 4 is 17.5 Å². The normalized spacial score (nSPS) is 15.6. The molecule has 1 saturated heterocycles. The number of carbonyl (C=O) groups excluding carboxylic acids is 1. The molecule has 0 spiro atoms. The number of carbonyl (C=O) groups is 1. The molecule has 27 heavy (non-hydrogen) atoms. The molecule has 1 fully saturated rings. The van der Waals surface area contributed by atoms with Crippen LogP contribution in [0.25, 0.3) is 0 Å². The third-order valence-corrected chi connectivity index (χ3v) is 4.85. The highest BCUT2D eigenvalue weighted by atomic mass is 35.5. The second kappa shape index (κ2) is 8.17. The molecule has 0 aliphatic carbocycles. The van der Waals surface area contributed by atoms with E-state index >= 15 is 0 Å². The summed E-state index contributed by atoms with van der Waals surface area (Å²) in [5.41, 5.74) is -0.494. The average molecular weight is 399 g/mol. The van der Waals surface area contributed by atoms with Gasteiger partial charge < -0.3 is 9.64 Å². The molecule has 8 heteroatoms. The van der Waals surface area contributed by atoms with Crippen LogP contribution in [0.15, 0.2) is 42.7 Å². The summed E-state index contributed by atoms with van der Waals surface area (Å²) in [6.45, 7) is 1.57. The molecule has 0 N–H and O–H groups in total. The lowest BCUT2D eigenvalue weighted by atomic mass is 9.97. The summed E-state index contributed by atoms with van der Waals surface area (Å²) in [6, 6.07) is 6.03. The van der Waals surface area contributed by atoms with Gasteiger partial charge in [-0.05, 0) is 43.0 Å². The van der Waals surface area contributed by atoms with Crippen LogP contribution in [0.2, 0.25) is 5.02 Å². The van der Waals surface area contributed by atoms with Gasteiger partial charge >= 0.3 is 6.18 Å². The number of ether oxygens (including phenoxy) is 1. The van der Waals surface area contributed by atoms with Crippen LogP contribution < -0.4 is 4.74 Å². The number of halogens is 4. The van der Waals surface area contributed by atoms with Crippen LogP contribution in [0, 0.1) is 5.92 Å². The Morgan fingerprint density at radius 2 is 1.85 bits per heavy atom. The maximum absolute atomic E-state index is 12.6. The quantitative estimate of drug-likeness (QED) is 0.750. The highest BCUT2D eigenvalue weighted by molar-refractivity contribution is 6.31. The molecule has 1 aromatic carbocycles. The number of hydrogen-bond acceptors (Lipinski definition) is 3. The largest absolute Gasteiger partial charge is 0.492 e. The number of piperidine rings is 1. The fourth-order valence-corrected chi connectivity index (χ4v) is 3.15. The van der Waals surface area contributed by atoms with Gasteiger partial charge in [-0.2, -0.15) is 13.2 Å². The Bertz CT molecular complexity index is 788. The van der Waals surface area contributed by atoms with E-state index in [0.29, 0.717) is 30.5 Å². The molecule has 2 heterocycles. The smallest absolute Gasteiger partial charge is 0.416 e. The Labute approximate surface area is 159 Å². The van der Waals surface area contributed by atoms with Crippen molar-refractivity contribution < 1.29 is 22.7 Å². The molecule has 0 saturated carbocycles. The number of nitrogens with zero attached hydrogens (tertiary/aromatic N) is 2. The van der Waals surface area contributed by atoms with Gasteiger partial charge in [-0.15, -0.1) is 0 Å². The predicted octanol–water partition coefficient (Wildman–Crippen LogP) is 4.69. The lowest BCUT2D eigenvalue weighted by Gasteiger charge is -2.32. The summed E-state index contributed by atoms with van der Waals surface area (Å²) in [5.74, 6) is 0.612. The van der Waals surface area contributed by atoms with E-state index in [4.69, 9.17) is 16.3 Å². The van der Waals surface area contributed by atoms with Crippen LogP contribution >= 0.6 is 11.6 Å². The van der Waals surface area contributed by atoms with Gasteiger partial charge in [-0.25, -0.2) is 0 Å². The molecule has 144 valence electrons. The van der Waals surface area contributed by atoms with Crippen molar-refractivity contribution in [3.63, 3.8) is 0 Å². The molecule has 0 radical (unpaired) electrons. The molecule has 4 nitrogen and oxygen atoms in total. The number of rotatable bonds is 4. The third kappa shape index (κ3) is 4.91. The first-order valence-electron chi connectivity index (χ1n) is 8.53. The topological polar surface area (TPSA) is 42.4 Å². The summed E-state index contributed by atoms with van der Waals surface area (Å²) < 4.78 is 43.6. The van der Waals surface area contributed by atoms with Gasteiger partial charge in [0, 0.05) is 37.1 Å². The predicted molar refractivity (Wildman–Crippen MR) is 94.8 cm³/mol. The number of amides is 1. The Kier molecular flexibility index (Phi) is 5.89. The molecular formula is C19H18ClF3N2O2. The Balaban J connectivity index is 1.51. The summed E-state index contributed by atoms with van der Waals surface area (Å²) >= 11 is 6.00. The van der Waals surface area contributed by atoms with E-state index in [1.807, 2.05) is 0 Å². The Morgan fingerprint density at radius 3 is 2.44 bits per heavy atom. The van der Waals surface area contributed by atoms with Crippen LogP contribution in [0.5, 0.6) is 5.75 Å². The van der Waals surface area contributed by atoms with Crippen LogP contribution in [-0.4, -0.2) is 35.5 Å². The van der Waals surface area contributed by atoms with Crippen molar-refractivity contribution in [3.05, 3.63) is 58.9 Å². The minimum atomic E-state index is -4.41.